The van der Waals surface area contributed by atoms with Crippen molar-refractivity contribution < 1.29 is 18.8 Å². The summed E-state index contributed by atoms with van der Waals surface area (Å²) in [6, 6.07) is 13.4. The molecule has 0 aliphatic carbocycles. The molecule has 2 unspecified atom stereocenters. The standard InChI is InChI=1S/C30H41BrN2O4Si/c1-10-22(21-16-15-20(31)19-25(21)33-27(35)37-28(2,3)4)30(17-18-36-38(8,9)29(5,6)7)23-13-11-12-14-24(23)32-26(30)34/h10-16,19,22H,1,17-18H2,2-9H3,(H,32,34)(H,33,35). The van der Waals surface area contributed by atoms with Gasteiger partial charge in [0, 0.05) is 28.4 Å². The molecule has 38 heavy (non-hydrogen) atoms. The highest BCUT2D eigenvalue weighted by Crippen LogP contribution is 2.52. The van der Waals surface area contributed by atoms with Gasteiger partial charge in [-0.05, 0) is 74.7 Å². The van der Waals surface area contributed by atoms with Gasteiger partial charge in [0.2, 0.25) is 5.91 Å². The maximum atomic E-state index is 13.9. The normalized spacial score (nSPS) is 18.4. The monoisotopic (exact) mass is 600 g/mol. The fourth-order valence-electron chi connectivity index (χ4n) is 4.65. The van der Waals surface area contributed by atoms with Gasteiger partial charge in [-0.3, -0.25) is 10.1 Å². The van der Waals surface area contributed by atoms with E-state index in [-0.39, 0.29) is 10.9 Å². The lowest BCUT2D eigenvalue weighted by atomic mass is 9.66. The molecule has 1 aliphatic heterocycles. The molecule has 1 heterocycles. The Morgan fingerprint density at radius 3 is 2.42 bits per heavy atom. The fraction of sp³-hybridized carbons (Fsp3) is 0.467. The van der Waals surface area contributed by atoms with Gasteiger partial charge in [-0.15, -0.1) is 6.58 Å². The molecule has 2 amide bonds. The van der Waals surface area contributed by atoms with E-state index >= 15 is 0 Å². The molecule has 2 atom stereocenters. The average molecular weight is 602 g/mol. The second-order valence-corrected chi connectivity index (χ2v) is 18.1. The molecule has 3 rings (SSSR count). The molecule has 1 aliphatic rings. The molecule has 2 N–H and O–H groups in total. The van der Waals surface area contributed by atoms with Crippen LogP contribution in [-0.2, 0) is 19.4 Å². The van der Waals surface area contributed by atoms with Crippen LogP contribution in [0.25, 0.3) is 0 Å². The first-order chi connectivity index (χ1) is 17.5. The van der Waals surface area contributed by atoms with E-state index in [9.17, 15) is 9.59 Å². The highest BCUT2D eigenvalue weighted by Gasteiger charge is 2.52. The Labute approximate surface area is 236 Å². The zero-order valence-corrected chi connectivity index (χ0v) is 26.4. The largest absolute Gasteiger partial charge is 0.444 e. The molecule has 0 saturated heterocycles. The van der Waals surface area contributed by atoms with E-state index < -0.39 is 31.3 Å². The summed E-state index contributed by atoms with van der Waals surface area (Å²) in [5.41, 5.74) is 1.39. The van der Waals surface area contributed by atoms with Gasteiger partial charge < -0.3 is 14.5 Å². The number of hydrogen-bond acceptors (Lipinski definition) is 4. The van der Waals surface area contributed by atoms with Gasteiger partial charge in [-0.1, -0.05) is 67.0 Å². The Morgan fingerprint density at radius 1 is 1.16 bits per heavy atom. The molecule has 0 aromatic heterocycles. The van der Waals surface area contributed by atoms with Gasteiger partial charge in [-0.25, -0.2) is 4.79 Å². The van der Waals surface area contributed by atoms with Crippen molar-refractivity contribution >= 4 is 47.6 Å². The van der Waals surface area contributed by atoms with Crippen LogP contribution in [0, 0.1) is 0 Å². The molecule has 0 fully saturated rings. The molecule has 0 saturated carbocycles. The van der Waals surface area contributed by atoms with Crippen LogP contribution >= 0.6 is 15.9 Å². The summed E-state index contributed by atoms with van der Waals surface area (Å²) in [6.07, 6.45) is 1.70. The first-order valence-electron chi connectivity index (χ1n) is 13.0. The van der Waals surface area contributed by atoms with E-state index in [0.29, 0.717) is 18.7 Å². The summed E-state index contributed by atoms with van der Waals surface area (Å²) in [5, 5.41) is 6.05. The fourth-order valence-corrected chi connectivity index (χ4v) is 6.06. The Balaban J connectivity index is 2.10. The Hall–Kier alpha value is -2.42. The maximum Gasteiger partial charge on any atom is 0.412 e. The lowest BCUT2D eigenvalue weighted by Gasteiger charge is -2.39. The second kappa shape index (κ2) is 11.0. The van der Waals surface area contributed by atoms with Gasteiger partial charge in [0.15, 0.2) is 8.32 Å². The Morgan fingerprint density at radius 2 is 1.82 bits per heavy atom. The van der Waals surface area contributed by atoms with Crippen LogP contribution in [0.1, 0.15) is 65.0 Å². The second-order valence-electron chi connectivity index (χ2n) is 12.4. The number of benzene rings is 2. The first-order valence-corrected chi connectivity index (χ1v) is 16.7. The van der Waals surface area contributed by atoms with Crippen LogP contribution in [0.5, 0.6) is 0 Å². The molecular formula is C30H41BrN2O4Si. The SMILES string of the molecule is C=CC(c1ccc(Br)cc1NC(=O)OC(C)(C)C)C1(CCO[Si](C)(C)C(C)(C)C)C(=O)Nc2ccccc21. The van der Waals surface area contributed by atoms with Crippen molar-refractivity contribution in [3.05, 3.63) is 70.7 Å². The minimum absolute atomic E-state index is 0.0457. The zero-order chi connectivity index (χ0) is 28.5. The number of amides is 2. The minimum atomic E-state index is -2.05. The number of halogens is 1. The van der Waals surface area contributed by atoms with Gasteiger partial charge in [0.25, 0.3) is 0 Å². The highest BCUT2D eigenvalue weighted by atomic mass is 79.9. The number of anilines is 2. The number of ether oxygens (including phenoxy) is 1. The summed E-state index contributed by atoms with van der Waals surface area (Å²) in [5.74, 6) is -0.555. The van der Waals surface area contributed by atoms with Gasteiger partial charge in [-0.2, -0.15) is 0 Å². The quantitative estimate of drug-likeness (QED) is 0.236. The number of nitrogens with one attached hydrogen (secondary N) is 2. The summed E-state index contributed by atoms with van der Waals surface area (Å²) < 4.78 is 12.9. The molecule has 0 radical (unpaired) electrons. The van der Waals surface area contributed by atoms with E-state index in [0.717, 1.165) is 21.3 Å². The molecular weight excluding hydrogens is 560 g/mol. The zero-order valence-electron chi connectivity index (χ0n) is 23.8. The summed E-state index contributed by atoms with van der Waals surface area (Å²) in [4.78, 5) is 26.7. The van der Waals surface area contributed by atoms with Crippen molar-refractivity contribution in [3.63, 3.8) is 0 Å². The van der Waals surface area contributed by atoms with Crippen LogP contribution in [0.15, 0.2) is 59.6 Å². The van der Waals surface area contributed by atoms with Crippen LogP contribution < -0.4 is 10.6 Å². The maximum absolute atomic E-state index is 13.9. The third kappa shape index (κ3) is 6.24. The molecule has 0 spiro atoms. The van der Waals surface area contributed by atoms with Crippen molar-refractivity contribution in [3.8, 4) is 0 Å². The third-order valence-corrected chi connectivity index (χ3v) is 12.6. The van der Waals surface area contributed by atoms with Gasteiger partial charge >= 0.3 is 6.09 Å². The predicted octanol–water partition coefficient (Wildman–Crippen LogP) is 8.37. The van der Waals surface area contributed by atoms with E-state index in [1.165, 1.54) is 0 Å². The highest BCUT2D eigenvalue weighted by molar-refractivity contribution is 9.10. The smallest absolute Gasteiger partial charge is 0.412 e. The Kier molecular flexibility index (Phi) is 8.71. The van der Waals surface area contributed by atoms with Crippen molar-refractivity contribution in [2.45, 2.75) is 83.0 Å². The lowest BCUT2D eigenvalue weighted by molar-refractivity contribution is -0.121. The number of carbonyl (C=O) groups is 2. The molecule has 8 heteroatoms. The number of carbonyl (C=O) groups excluding carboxylic acids is 2. The Bertz CT molecular complexity index is 1220. The number of allylic oxidation sites excluding steroid dienone is 1. The summed E-state index contributed by atoms with van der Waals surface area (Å²) in [7, 11) is -2.05. The van der Waals surface area contributed by atoms with Gasteiger partial charge in [0.1, 0.15) is 5.60 Å². The van der Waals surface area contributed by atoms with E-state index in [1.807, 2.05) is 63.2 Å². The number of fused-ring (bicyclic) bond motifs is 1. The van der Waals surface area contributed by atoms with E-state index in [4.69, 9.17) is 9.16 Å². The number of hydrogen-bond donors (Lipinski definition) is 2. The molecule has 6 nitrogen and oxygen atoms in total. The third-order valence-electron chi connectivity index (χ3n) is 7.58. The van der Waals surface area contributed by atoms with Crippen LogP contribution in [-0.4, -0.2) is 32.5 Å². The van der Waals surface area contributed by atoms with Crippen LogP contribution in [0.4, 0.5) is 16.2 Å². The van der Waals surface area contributed by atoms with Crippen molar-refractivity contribution in [1.29, 1.82) is 0 Å². The number of rotatable bonds is 8. The topological polar surface area (TPSA) is 76.7 Å². The summed E-state index contributed by atoms with van der Waals surface area (Å²) in [6.45, 7) is 21.1. The van der Waals surface area contributed by atoms with Gasteiger partial charge in [0.05, 0.1) is 5.41 Å². The van der Waals surface area contributed by atoms with Crippen molar-refractivity contribution in [2.75, 3.05) is 17.2 Å². The lowest BCUT2D eigenvalue weighted by Crippen LogP contribution is -2.45. The van der Waals surface area contributed by atoms with E-state index in [2.05, 4.69) is 67.0 Å². The molecule has 206 valence electrons. The predicted molar refractivity (Wildman–Crippen MR) is 161 cm³/mol. The van der Waals surface area contributed by atoms with E-state index in [1.54, 1.807) is 6.08 Å². The van der Waals surface area contributed by atoms with Crippen LogP contribution in [0.3, 0.4) is 0 Å². The summed E-state index contributed by atoms with van der Waals surface area (Å²) >= 11 is 3.52. The molecule has 2 aromatic rings. The van der Waals surface area contributed by atoms with Crippen molar-refractivity contribution in [1.82, 2.24) is 0 Å². The van der Waals surface area contributed by atoms with Crippen molar-refractivity contribution in [2.24, 2.45) is 0 Å². The number of para-hydroxylation sites is 1. The molecule has 0 bridgehead atoms. The molecule has 2 aromatic carbocycles. The minimum Gasteiger partial charge on any atom is -0.444 e. The first kappa shape index (κ1) is 30.1. The van der Waals surface area contributed by atoms with Crippen LogP contribution in [0.2, 0.25) is 18.1 Å². The average Bonchev–Trinajstić information content (AvgIpc) is 3.05.